The Kier molecular flexibility index (Phi) is 4.20. The Labute approximate surface area is 166 Å². The fraction of sp³-hybridized carbons (Fsp3) is 0.231. The van der Waals surface area contributed by atoms with Crippen molar-refractivity contribution in [1.29, 1.82) is 0 Å². The monoisotopic (exact) mass is 365 g/mol. The maximum Gasteiger partial charge on any atom is 0.170 e. The summed E-state index contributed by atoms with van der Waals surface area (Å²) in [5, 5.41) is 0. The third-order valence-electron chi connectivity index (χ3n) is 6.12. The molecule has 28 heavy (non-hydrogen) atoms. The van der Waals surface area contributed by atoms with Gasteiger partial charge in [-0.05, 0) is 53.1 Å². The third kappa shape index (κ3) is 2.90. The predicted octanol–water partition coefficient (Wildman–Crippen LogP) is 5.84. The highest BCUT2D eigenvalue weighted by molar-refractivity contribution is 6.07. The fourth-order valence-electron chi connectivity index (χ4n) is 4.43. The zero-order valence-corrected chi connectivity index (χ0v) is 16.1. The summed E-state index contributed by atoms with van der Waals surface area (Å²) in [6.45, 7) is 2.17. The first-order valence-corrected chi connectivity index (χ1v) is 10.1. The van der Waals surface area contributed by atoms with E-state index in [2.05, 4.69) is 55.5 Å². The van der Waals surface area contributed by atoms with Crippen LogP contribution in [0, 0.1) is 0 Å². The predicted molar refractivity (Wildman–Crippen MR) is 114 cm³/mol. The number of carbonyl (C=O) groups excluding carboxylic acids is 1. The number of benzene rings is 3. The number of hydrogen-bond acceptors (Lipinski definition) is 2. The maximum atomic E-state index is 13.0. The summed E-state index contributed by atoms with van der Waals surface area (Å²) in [5.74, 6) is 0.197. The summed E-state index contributed by atoms with van der Waals surface area (Å²) in [7, 11) is 0. The van der Waals surface area contributed by atoms with Gasteiger partial charge < -0.3 is 0 Å². The number of nitrogens with zero attached hydrogens (tertiary/aromatic N) is 1. The lowest BCUT2D eigenvalue weighted by atomic mass is 9.79. The Morgan fingerprint density at radius 3 is 2.61 bits per heavy atom. The first-order valence-electron chi connectivity index (χ1n) is 10.1. The molecule has 0 spiro atoms. The summed E-state index contributed by atoms with van der Waals surface area (Å²) in [4.78, 5) is 17.9. The number of aliphatic imine (C=N–C) groups is 1. The van der Waals surface area contributed by atoms with E-state index in [1.54, 1.807) is 0 Å². The molecule has 1 atom stereocenters. The van der Waals surface area contributed by atoms with Gasteiger partial charge in [0, 0.05) is 17.9 Å². The normalized spacial score (nSPS) is 17.8. The first-order chi connectivity index (χ1) is 13.7. The quantitative estimate of drug-likeness (QED) is 0.573. The van der Waals surface area contributed by atoms with Gasteiger partial charge in [-0.3, -0.25) is 9.79 Å². The smallest absolute Gasteiger partial charge is 0.170 e. The second-order valence-electron chi connectivity index (χ2n) is 7.79. The first kappa shape index (κ1) is 17.1. The van der Waals surface area contributed by atoms with Crippen molar-refractivity contribution in [3.8, 4) is 0 Å². The van der Waals surface area contributed by atoms with Gasteiger partial charge in [0.2, 0.25) is 0 Å². The molecule has 0 bridgehead atoms. The van der Waals surface area contributed by atoms with Crippen LogP contribution in [0.2, 0.25) is 0 Å². The lowest BCUT2D eigenvalue weighted by molar-refractivity contribution is 0.0946. The van der Waals surface area contributed by atoms with Crippen LogP contribution in [0.3, 0.4) is 0 Å². The average Bonchev–Trinajstić information content (AvgIpc) is 3.18. The van der Waals surface area contributed by atoms with E-state index < -0.39 is 0 Å². The van der Waals surface area contributed by atoms with Crippen molar-refractivity contribution in [2.75, 3.05) is 0 Å². The van der Waals surface area contributed by atoms with E-state index in [4.69, 9.17) is 4.99 Å². The highest BCUT2D eigenvalue weighted by Gasteiger charge is 2.29. The Morgan fingerprint density at radius 1 is 0.964 bits per heavy atom. The van der Waals surface area contributed by atoms with Crippen molar-refractivity contribution in [3.05, 3.63) is 100 Å². The van der Waals surface area contributed by atoms with Crippen molar-refractivity contribution < 1.29 is 4.79 Å². The molecule has 0 saturated heterocycles. The number of rotatable bonds is 3. The summed E-state index contributed by atoms with van der Waals surface area (Å²) < 4.78 is 0. The number of carbonyl (C=O) groups is 1. The molecule has 0 radical (unpaired) electrons. The van der Waals surface area contributed by atoms with Crippen LogP contribution in [0.5, 0.6) is 0 Å². The lowest BCUT2D eigenvalue weighted by Gasteiger charge is -2.23. The molecule has 1 heterocycles. The Morgan fingerprint density at radius 2 is 1.79 bits per heavy atom. The van der Waals surface area contributed by atoms with E-state index in [0.717, 1.165) is 48.2 Å². The van der Waals surface area contributed by atoms with Gasteiger partial charge in [0.05, 0.1) is 11.4 Å². The van der Waals surface area contributed by atoms with Gasteiger partial charge in [-0.2, -0.15) is 0 Å². The number of Topliss-reactive ketones (excluding diaryl/α,β-unsaturated/α-hetero) is 1. The summed E-state index contributed by atoms with van der Waals surface area (Å²) in [6, 6.07) is 23.2. The van der Waals surface area contributed by atoms with Crippen molar-refractivity contribution in [3.63, 3.8) is 0 Å². The second-order valence-corrected chi connectivity index (χ2v) is 7.79. The van der Waals surface area contributed by atoms with Crippen LogP contribution in [0.4, 0.5) is 5.69 Å². The Bertz CT molecular complexity index is 1090. The van der Waals surface area contributed by atoms with Gasteiger partial charge in [-0.25, -0.2) is 0 Å². The number of hydrogen-bond donors (Lipinski definition) is 0. The van der Waals surface area contributed by atoms with Crippen LogP contribution in [0.25, 0.3) is 0 Å². The fourth-order valence-corrected chi connectivity index (χ4v) is 4.43. The average molecular weight is 365 g/mol. The molecule has 1 unspecified atom stereocenters. The SMILES string of the molecule is CCc1ccc(C2=Nc3cc(C4CCc5ccccc5C4=O)ccc3C2)cc1. The Balaban J connectivity index is 1.44. The van der Waals surface area contributed by atoms with Crippen LogP contribution in [0.1, 0.15) is 57.4 Å². The van der Waals surface area contributed by atoms with E-state index in [0.29, 0.717) is 0 Å². The van der Waals surface area contributed by atoms with Crippen molar-refractivity contribution in [1.82, 2.24) is 0 Å². The van der Waals surface area contributed by atoms with Crippen LogP contribution in [-0.2, 0) is 19.3 Å². The third-order valence-corrected chi connectivity index (χ3v) is 6.12. The summed E-state index contributed by atoms with van der Waals surface area (Å²) >= 11 is 0. The molecule has 3 aromatic carbocycles. The Hall–Kier alpha value is -3.00. The number of aryl methyl sites for hydroxylation is 2. The van der Waals surface area contributed by atoms with E-state index >= 15 is 0 Å². The van der Waals surface area contributed by atoms with Crippen molar-refractivity contribution in [2.45, 2.75) is 38.5 Å². The van der Waals surface area contributed by atoms with Gasteiger partial charge in [-0.15, -0.1) is 0 Å². The van der Waals surface area contributed by atoms with Crippen molar-refractivity contribution in [2.24, 2.45) is 4.99 Å². The second kappa shape index (κ2) is 6.87. The van der Waals surface area contributed by atoms with E-state index in [-0.39, 0.29) is 11.7 Å². The molecule has 0 saturated carbocycles. The van der Waals surface area contributed by atoms with E-state index in [1.165, 1.54) is 22.3 Å². The van der Waals surface area contributed by atoms with Crippen LogP contribution < -0.4 is 0 Å². The molecule has 5 rings (SSSR count). The highest BCUT2D eigenvalue weighted by Crippen LogP contribution is 2.37. The molecule has 0 fully saturated rings. The van der Waals surface area contributed by atoms with Gasteiger partial charge in [0.1, 0.15) is 0 Å². The van der Waals surface area contributed by atoms with Gasteiger partial charge in [0.25, 0.3) is 0 Å². The zero-order chi connectivity index (χ0) is 19.1. The van der Waals surface area contributed by atoms with Gasteiger partial charge in [-0.1, -0.05) is 67.6 Å². The molecule has 0 N–H and O–H groups in total. The minimum absolute atomic E-state index is 0.0525. The summed E-state index contributed by atoms with van der Waals surface area (Å²) in [5.41, 5.74) is 9.11. The van der Waals surface area contributed by atoms with Crippen LogP contribution >= 0.6 is 0 Å². The standard InChI is InChI=1S/C26H23NO/c1-2-17-7-9-19(10-8-17)24-16-21-12-11-20(15-25(21)27-24)23-14-13-18-5-3-4-6-22(18)26(23)28/h3-12,15,23H,2,13-14,16H2,1H3. The molecule has 1 aliphatic heterocycles. The topological polar surface area (TPSA) is 29.4 Å². The molecule has 2 nitrogen and oxygen atoms in total. The molecule has 1 aliphatic carbocycles. The van der Waals surface area contributed by atoms with Gasteiger partial charge >= 0.3 is 0 Å². The largest absolute Gasteiger partial charge is 0.293 e. The molecule has 0 amide bonds. The molecule has 3 aromatic rings. The van der Waals surface area contributed by atoms with Crippen LogP contribution in [-0.4, -0.2) is 11.5 Å². The lowest BCUT2D eigenvalue weighted by Crippen LogP contribution is -2.20. The van der Waals surface area contributed by atoms with E-state index in [1.807, 2.05) is 18.2 Å². The molecule has 2 aliphatic rings. The molecular weight excluding hydrogens is 342 g/mol. The van der Waals surface area contributed by atoms with Gasteiger partial charge in [0.15, 0.2) is 5.78 Å². The number of ketones is 1. The molecule has 2 heteroatoms. The molecule has 0 aromatic heterocycles. The summed E-state index contributed by atoms with van der Waals surface area (Å²) in [6.07, 6.45) is 3.75. The highest BCUT2D eigenvalue weighted by atomic mass is 16.1. The molecular formula is C26H23NO. The van der Waals surface area contributed by atoms with E-state index in [9.17, 15) is 4.79 Å². The zero-order valence-electron chi connectivity index (χ0n) is 16.1. The number of fused-ring (bicyclic) bond motifs is 2. The van der Waals surface area contributed by atoms with Crippen LogP contribution in [0.15, 0.2) is 71.7 Å². The minimum Gasteiger partial charge on any atom is -0.293 e. The minimum atomic E-state index is -0.0525. The van der Waals surface area contributed by atoms with Crippen molar-refractivity contribution >= 4 is 17.2 Å². The maximum absolute atomic E-state index is 13.0. The molecule has 138 valence electrons.